The van der Waals surface area contributed by atoms with Gasteiger partial charge in [-0.1, -0.05) is 12.1 Å². The van der Waals surface area contributed by atoms with Crippen LogP contribution in [0.5, 0.6) is 0 Å². The fourth-order valence-electron chi connectivity index (χ4n) is 3.07. The van der Waals surface area contributed by atoms with E-state index < -0.39 is 29.7 Å². The molecule has 0 saturated heterocycles. The lowest BCUT2D eigenvalue weighted by Crippen LogP contribution is -2.42. The van der Waals surface area contributed by atoms with Gasteiger partial charge >= 0.3 is 18.0 Å². The first-order chi connectivity index (χ1) is 16.9. The van der Waals surface area contributed by atoms with Gasteiger partial charge in [-0.2, -0.15) is 0 Å². The average Bonchev–Trinajstić information content (AvgIpc) is 2.84. The molecule has 0 aliphatic rings. The average molecular weight is 482 g/mol. The summed E-state index contributed by atoms with van der Waals surface area (Å²) in [6.07, 6.45) is 0. The first-order valence-corrected chi connectivity index (χ1v) is 10.8. The Bertz CT molecular complexity index is 1170. The summed E-state index contributed by atoms with van der Waals surface area (Å²) >= 11 is 0. The molecule has 0 aliphatic carbocycles. The summed E-state index contributed by atoms with van der Waals surface area (Å²) in [4.78, 5) is 38.1. The van der Waals surface area contributed by atoms with E-state index in [2.05, 4.69) is 16.0 Å². The minimum Gasteiger partial charge on any atom is -0.462 e. The molecule has 0 atom stereocenters. The van der Waals surface area contributed by atoms with Crippen LogP contribution in [0.4, 0.5) is 35.4 Å². The molecule has 4 amide bonds. The second kappa shape index (κ2) is 12.1. The van der Waals surface area contributed by atoms with E-state index in [4.69, 9.17) is 4.74 Å². The fraction of sp³-hybridized carbons (Fsp3) is 0.160. The van der Waals surface area contributed by atoms with E-state index in [0.717, 1.165) is 0 Å². The van der Waals surface area contributed by atoms with Gasteiger partial charge in [0.05, 0.1) is 17.9 Å². The van der Waals surface area contributed by atoms with Gasteiger partial charge in [0.2, 0.25) is 0 Å². The smallest absolute Gasteiger partial charge is 0.338 e. The number of nitrogens with zero attached hydrogens (tertiary/aromatic N) is 1. The molecule has 3 rings (SSSR count). The van der Waals surface area contributed by atoms with Crippen LogP contribution in [0.25, 0.3) is 0 Å². The molecule has 0 heterocycles. The van der Waals surface area contributed by atoms with Gasteiger partial charge in [0.15, 0.2) is 0 Å². The first-order valence-electron chi connectivity index (χ1n) is 10.8. The molecule has 0 spiro atoms. The number of esters is 1. The standard InChI is InChI=1S/C25H24F2N4O4/c1-2-35-23(32)17-7-11-19(12-8-17)29-24(33)28-15-16-31(20-13-9-18(26)10-14-20)25(34)30-22-6-4-3-5-21(22)27/h3-14H,2,15-16H2,1H3,(H,30,34)(H2,28,29,33). The van der Waals surface area contributed by atoms with Crippen molar-refractivity contribution in [2.24, 2.45) is 0 Å². The van der Waals surface area contributed by atoms with Gasteiger partial charge in [0.25, 0.3) is 0 Å². The first kappa shape index (κ1) is 25.2. The molecule has 3 aromatic carbocycles. The zero-order valence-electron chi connectivity index (χ0n) is 18.9. The Morgan fingerprint density at radius 2 is 1.57 bits per heavy atom. The van der Waals surface area contributed by atoms with Gasteiger partial charge in [-0.15, -0.1) is 0 Å². The van der Waals surface area contributed by atoms with Crippen molar-refractivity contribution >= 4 is 35.1 Å². The molecule has 3 N–H and O–H groups in total. The number of amides is 4. The SMILES string of the molecule is CCOC(=O)c1ccc(NC(=O)NCCN(C(=O)Nc2ccccc2F)c2ccc(F)cc2)cc1. The highest BCUT2D eigenvalue weighted by atomic mass is 19.1. The Hall–Kier alpha value is -4.47. The highest BCUT2D eigenvalue weighted by molar-refractivity contribution is 6.02. The molecular weight excluding hydrogens is 458 g/mol. The Morgan fingerprint density at radius 1 is 0.886 bits per heavy atom. The van der Waals surface area contributed by atoms with Crippen LogP contribution < -0.4 is 20.9 Å². The topological polar surface area (TPSA) is 99.8 Å². The quantitative estimate of drug-likeness (QED) is 0.394. The van der Waals surface area contributed by atoms with Crippen LogP contribution in [-0.2, 0) is 4.74 Å². The maximum absolute atomic E-state index is 14.0. The number of halogens is 2. The predicted molar refractivity (Wildman–Crippen MR) is 129 cm³/mol. The summed E-state index contributed by atoms with van der Waals surface area (Å²) in [5.41, 5.74) is 1.15. The van der Waals surface area contributed by atoms with Gasteiger partial charge in [-0.25, -0.2) is 23.2 Å². The molecule has 0 aliphatic heterocycles. The van der Waals surface area contributed by atoms with Gasteiger partial charge in [-0.3, -0.25) is 4.90 Å². The number of urea groups is 2. The number of benzene rings is 3. The van der Waals surface area contributed by atoms with Gasteiger partial charge in [0.1, 0.15) is 11.6 Å². The number of hydrogen-bond donors (Lipinski definition) is 3. The molecule has 0 bridgehead atoms. The van der Waals surface area contributed by atoms with Crippen molar-refractivity contribution in [3.05, 3.63) is 90.0 Å². The number of hydrogen-bond acceptors (Lipinski definition) is 4. The molecule has 0 radical (unpaired) electrons. The molecule has 8 nitrogen and oxygen atoms in total. The lowest BCUT2D eigenvalue weighted by Gasteiger charge is -2.23. The Balaban J connectivity index is 1.60. The zero-order valence-corrected chi connectivity index (χ0v) is 18.9. The molecule has 0 fully saturated rings. The summed E-state index contributed by atoms with van der Waals surface area (Å²) < 4.78 is 32.2. The Morgan fingerprint density at radius 3 is 2.23 bits per heavy atom. The Labute approximate surface area is 200 Å². The van der Waals surface area contributed by atoms with Crippen molar-refractivity contribution in [3.8, 4) is 0 Å². The maximum Gasteiger partial charge on any atom is 0.338 e. The van der Waals surface area contributed by atoms with Crippen LogP contribution in [0.1, 0.15) is 17.3 Å². The molecule has 10 heteroatoms. The van der Waals surface area contributed by atoms with Crippen molar-refractivity contribution in [3.63, 3.8) is 0 Å². The third-order valence-electron chi connectivity index (χ3n) is 4.77. The van der Waals surface area contributed by atoms with E-state index in [1.807, 2.05) is 0 Å². The highest BCUT2D eigenvalue weighted by Crippen LogP contribution is 2.18. The number of rotatable bonds is 8. The summed E-state index contributed by atoms with van der Waals surface area (Å²) in [5, 5.41) is 7.71. The van der Waals surface area contributed by atoms with E-state index in [-0.39, 0.29) is 25.4 Å². The number of carbonyl (C=O) groups is 3. The van der Waals surface area contributed by atoms with Crippen LogP contribution in [0.2, 0.25) is 0 Å². The lowest BCUT2D eigenvalue weighted by molar-refractivity contribution is 0.0526. The third-order valence-corrected chi connectivity index (χ3v) is 4.77. The normalized spacial score (nSPS) is 10.3. The van der Waals surface area contributed by atoms with Crippen molar-refractivity contribution in [1.82, 2.24) is 5.32 Å². The fourth-order valence-corrected chi connectivity index (χ4v) is 3.07. The number of anilines is 3. The van der Waals surface area contributed by atoms with Gasteiger partial charge in [-0.05, 0) is 67.6 Å². The van der Waals surface area contributed by atoms with Crippen molar-refractivity contribution < 1.29 is 27.9 Å². The van der Waals surface area contributed by atoms with Crippen LogP contribution in [0.15, 0.2) is 72.8 Å². The van der Waals surface area contributed by atoms with E-state index in [0.29, 0.717) is 16.9 Å². The second-order valence-electron chi connectivity index (χ2n) is 7.22. The van der Waals surface area contributed by atoms with Gasteiger partial charge in [0, 0.05) is 24.5 Å². The third kappa shape index (κ3) is 7.26. The molecule has 0 unspecified atom stereocenters. The predicted octanol–water partition coefficient (Wildman–Crippen LogP) is 5.00. The summed E-state index contributed by atoms with van der Waals surface area (Å²) in [5.74, 6) is -1.54. The summed E-state index contributed by atoms with van der Waals surface area (Å²) in [6, 6.07) is 15.9. The van der Waals surface area contributed by atoms with Crippen LogP contribution in [0, 0.1) is 11.6 Å². The number of nitrogens with one attached hydrogen (secondary N) is 3. The van der Waals surface area contributed by atoms with E-state index >= 15 is 0 Å². The second-order valence-corrected chi connectivity index (χ2v) is 7.22. The van der Waals surface area contributed by atoms with E-state index in [1.54, 1.807) is 25.1 Å². The minimum absolute atomic E-state index is 0.0124. The number of carbonyl (C=O) groups excluding carboxylic acids is 3. The zero-order chi connectivity index (χ0) is 25.2. The van der Waals surface area contributed by atoms with Gasteiger partial charge < -0.3 is 20.7 Å². The van der Waals surface area contributed by atoms with Crippen molar-refractivity contribution in [1.29, 1.82) is 0 Å². The summed E-state index contributed by atoms with van der Waals surface area (Å²) in [6.45, 7) is 2.02. The number of para-hydroxylation sites is 1. The molecular formula is C25H24F2N4O4. The maximum atomic E-state index is 14.0. The monoisotopic (exact) mass is 482 g/mol. The van der Waals surface area contributed by atoms with Crippen molar-refractivity contribution in [2.45, 2.75) is 6.92 Å². The van der Waals surface area contributed by atoms with Crippen LogP contribution in [-0.4, -0.2) is 37.7 Å². The molecule has 182 valence electrons. The molecule has 35 heavy (non-hydrogen) atoms. The van der Waals surface area contributed by atoms with Crippen molar-refractivity contribution in [2.75, 3.05) is 35.2 Å². The molecule has 0 saturated carbocycles. The van der Waals surface area contributed by atoms with E-state index in [9.17, 15) is 23.2 Å². The minimum atomic E-state index is -0.654. The van der Waals surface area contributed by atoms with E-state index in [1.165, 1.54) is 59.5 Å². The van der Waals surface area contributed by atoms with Crippen LogP contribution in [0.3, 0.4) is 0 Å². The molecule has 0 aromatic heterocycles. The molecule has 3 aromatic rings. The largest absolute Gasteiger partial charge is 0.462 e. The Kier molecular flexibility index (Phi) is 8.71. The lowest BCUT2D eigenvalue weighted by atomic mass is 10.2. The van der Waals surface area contributed by atoms with Crippen LogP contribution >= 0.6 is 0 Å². The number of ether oxygens (including phenoxy) is 1. The highest BCUT2D eigenvalue weighted by Gasteiger charge is 2.18. The summed E-state index contributed by atoms with van der Waals surface area (Å²) in [7, 11) is 0.